The molecule has 1 aliphatic heterocycles. The van der Waals surface area contributed by atoms with Crippen LogP contribution in [0.2, 0.25) is 0 Å². The summed E-state index contributed by atoms with van der Waals surface area (Å²) < 4.78 is 10.3. The SMILES string of the molecule is CC(C)(C)OC(=O)N[C@@H](Cc1ccc(C#N)cc1)C(=O)NC1COC1. The molecule has 0 bridgehead atoms. The van der Waals surface area contributed by atoms with Crippen molar-refractivity contribution in [3.8, 4) is 6.07 Å². The summed E-state index contributed by atoms with van der Waals surface area (Å²) in [5.41, 5.74) is 0.720. The molecule has 7 nitrogen and oxygen atoms in total. The smallest absolute Gasteiger partial charge is 0.408 e. The highest BCUT2D eigenvalue weighted by Crippen LogP contribution is 2.10. The Hall–Kier alpha value is -2.59. The van der Waals surface area contributed by atoms with Gasteiger partial charge in [-0.25, -0.2) is 4.79 Å². The van der Waals surface area contributed by atoms with Crippen LogP contribution in [0.3, 0.4) is 0 Å². The molecule has 0 aromatic heterocycles. The van der Waals surface area contributed by atoms with Gasteiger partial charge in [-0.15, -0.1) is 0 Å². The molecule has 2 N–H and O–H groups in total. The quantitative estimate of drug-likeness (QED) is 0.842. The van der Waals surface area contributed by atoms with Crippen molar-refractivity contribution in [2.24, 2.45) is 0 Å². The Morgan fingerprint density at radius 3 is 2.44 bits per heavy atom. The van der Waals surface area contributed by atoms with Gasteiger partial charge in [0.25, 0.3) is 0 Å². The van der Waals surface area contributed by atoms with Crippen LogP contribution < -0.4 is 10.6 Å². The lowest BCUT2D eigenvalue weighted by molar-refractivity contribution is -0.127. The number of alkyl carbamates (subject to hydrolysis) is 1. The van der Waals surface area contributed by atoms with Gasteiger partial charge in [0.2, 0.25) is 5.91 Å². The molecule has 7 heteroatoms. The monoisotopic (exact) mass is 345 g/mol. The second kappa shape index (κ2) is 7.99. The summed E-state index contributed by atoms with van der Waals surface area (Å²) in [7, 11) is 0. The van der Waals surface area contributed by atoms with Crippen LogP contribution in [-0.2, 0) is 20.7 Å². The molecule has 25 heavy (non-hydrogen) atoms. The first-order chi connectivity index (χ1) is 11.8. The molecule has 1 heterocycles. The van der Waals surface area contributed by atoms with Crippen molar-refractivity contribution >= 4 is 12.0 Å². The number of benzene rings is 1. The molecule has 0 saturated carbocycles. The van der Waals surface area contributed by atoms with Crippen molar-refractivity contribution < 1.29 is 19.1 Å². The third kappa shape index (κ3) is 6.08. The zero-order valence-corrected chi connectivity index (χ0v) is 14.7. The standard InChI is InChI=1S/C18H23N3O4/c1-18(2,3)25-17(23)21-15(16(22)20-14-10-24-11-14)8-12-4-6-13(9-19)7-5-12/h4-7,14-15H,8,10-11H2,1-3H3,(H,20,22)(H,21,23)/t15-/m0/s1. The zero-order chi connectivity index (χ0) is 18.4. The van der Waals surface area contributed by atoms with E-state index >= 15 is 0 Å². The first kappa shape index (κ1) is 18.7. The number of amides is 2. The molecule has 2 amide bonds. The summed E-state index contributed by atoms with van der Waals surface area (Å²) in [6, 6.07) is 8.13. The maximum absolute atomic E-state index is 12.5. The molecule has 0 aliphatic carbocycles. The van der Waals surface area contributed by atoms with Crippen LogP contribution in [0.25, 0.3) is 0 Å². The number of ether oxygens (including phenoxy) is 2. The van der Waals surface area contributed by atoms with Gasteiger partial charge in [-0.1, -0.05) is 12.1 Å². The molecular weight excluding hydrogens is 322 g/mol. The number of carbonyl (C=O) groups is 2. The van der Waals surface area contributed by atoms with Crippen molar-refractivity contribution in [2.75, 3.05) is 13.2 Å². The van der Waals surface area contributed by atoms with Gasteiger partial charge in [-0.3, -0.25) is 4.79 Å². The average Bonchev–Trinajstić information content (AvgIpc) is 2.49. The lowest BCUT2D eigenvalue weighted by Gasteiger charge is -2.29. The van der Waals surface area contributed by atoms with E-state index in [9.17, 15) is 9.59 Å². The third-order valence-electron chi connectivity index (χ3n) is 3.51. The van der Waals surface area contributed by atoms with Gasteiger partial charge >= 0.3 is 6.09 Å². The van der Waals surface area contributed by atoms with E-state index < -0.39 is 17.7 Å². The van der Waals surface area contributed by atoms with Crippen LogP contribution in [-0.4, -0.2) is 42.9 Å². The molecule has 1 fully saturated rings. The molecule has 1 atom stereocenters. The Balaban J connectivity index is 2.05. The molecule has 0 unspecified atom stereocenters. The molecule has 134 valence electrons. The van der Waals surface area contributed by atoms with Gasteiger partial charge in [0.05, 0.1) is 30.9 Å². The lowest BCUT2D eigenvalue weighted by Crippen LogP contribution is -2.56. The van der Waals surface area contributed by atoms with Crippen molar-refractivity contribution in [3.63, 3.8) is 0 Å². The summed E-state index contributed by atoms with van der Waals surface area (Å²) in [6.45, 7) is 6.22. The molecule has 1 aromatic carbocycles. The second-order valence-corrected chi connectivity index (χ2v) is 6.95. The van der Waals surface area contributed by atoms with Crippen LogP contribution in [0.1, 0.15) is 31.9 Å². The van der Waals surface area contributed by atoms with Crippen molar-refractivity contribution in [3.05, 3.63) is 35.4 Å². The van der Waals surface area contributed by atoms with Gasteiger partial charge in [-0.2, -0.15) is 5.26 Å². The zero-order valence-electron chi connectivity index (χ0n) is 14.7. The number of rotatable bonds is 5. The second-order valence-electron chi connectivity index (χ2n) is 6.95. The van der Waals surface area contributed by atoms with E-state index in [0.717, 1.165) is 5.56 Å². The third-order valence-corrected chi connectivity index (χ3v) is 3.51. The molecule has 2 rings (SSSR count). The number of hydrogen-bond acceptors (Lipinski definition) is 5. The number of nitrogens with zero attached hydrogens (tertiary/aromatic N) is 1. The average molecular weight is 345 g/mol. The van der Waals surface area contributed by atoms with Gasteiger partial charge in [0.1, 0.15) is 11.6 Å². The van der Waals surface area contributed by atoms with E-state index in [1.807, 2.05) is 6.07 Å². The topological polar surface area (TPSA) is 100 Å². The fourth-order valence-electron chi connectivity index (χ4n) is 2.23. The van der Waals surface area contributed by atoms with Crippen LogP contribution >= 0.6 is 0 Å². The minimum Gasteiger partial charge on any atom is -0.444 e. The van der Waals surface area contributed by atoms with Crippen LogP contribution in [0.5, 0.6) is 0 Å². The summed E-state index contributed by atoms with van der Waals surface area (Å²) in [5, 5.41) is 14.3. The fraction of sp³-hybridized carbons (Fsp3) is 0.500. The summed E-state index contributed by atoms with van der Waals surface area (Å²) in [5.74, 6) is -0.288. The normalized spacial score (nSPS) is 15.4. The van der Waals surface area contributed by atoms with E-state index in [0.29, 0.717) is 25.2 Å². The number of nitrogens with one attached hydrogen (secondary N) is 2. The van der Waals surface area contributed by atoms with E-state index in [1.165, 1.54) is 0 Å². The van der Waals surface area contributed by atoms with E-state index in [1.54, 1.807) is 45.0 Å². The molecular formula is C18H23N3O4. The van der Waals surface area contributed by atoms with Gasteiger partial charge < -0.3 is 20.1 Å². The first-order valence-electron chi connectivity index (χ1n) is 8.13. The fourth-order valence-corrected chi connectivity index (χ4v) is 2.23. The highest BCUT2D eigenvalue weighted by atomic mass is 16.6. The van der Waals surface area contributed by atoms with E-state index in [4.69, 9.17) is 14.7 Å². The van der Waals surface area contributed by atoms with Gasteiger partial charge in [-0.05, 0) is 38.5 Å². The summed E-state index contributed by atoms with van der Waals surface area (Å²) >= 11 is 0. The largest absolute Gasteiger partial charge is 0.444 e. The minimum absolute atomic E-state index is 0.0311. The Labute approximate surface area is 147 Å². The van der Waals surface area contributed by atoms with Crippen LogP contribution in [0.15, 0.2) is 24.3 Å². The minimum atomic E-state index is -0.775. The first-order valence-corrected chi connectivity index (χ1v) is 8.13. The Morgan fingerprint density at radius 2 is 1.96 bits per heavy atom. The van der Waals surface area contributed by atoms with Gasteiger partial charge in [0, 0.05) is 6.42 Å². The van der Waals surface area contributed by atoms with Crippen LogP contribution in [0.4, 0.5) is 4.79 Å². The predicted molar refractivity (Wildman–Crippen MR) is 90.8 cm³/mol. The maximum atomic E-state index is 12.5. The molecule has 0 radical (unpaired) electrons. The van der Waals surface area contributed by atoms with Crippen molar-refractivity contribution in [2.45, 2.75) is 44.9 Å². The molecule has 1 saturated heterocycles. The maximum Gasteiger partial charge on any atom is 0.408 e. The number of hydrogen-bond donors (Lipinski definition) is 2. The number of nitriles is 1. The van der Waals surface area contributed by atoms with Crippen molar-refractivity contribution in [1.82, 2.24) is 10.6 Å². The van der Waals surface area contributed by atoms with Crippen molar-refractivity contribution in [1.29, 1.82) is 5.26 Å². The summed E-state index contributed by atoms with van der Waals surface area (Å²) in [6.07, 6.45) is -0.351. The molecule has 1 aliphatic rings. The Bertz CT molecular complexity index is 654. The van der Waals surface area contributed by atoms with E-state index in [-0.39, 0.29) is 11.9 Å². The molecule has 0 spiro atoms. The van der Waals surface area contributed by atoms with Crippen LogP contribution in [0, 0.1) is 11.3 Å². The highest BCUT2D eigenvalue weighted by molar-refractivity contribution is 5.86. The number of carbonyl (C=O) groups excluding carboxylic acids is 2. The Kier molecular flexibility index (Phi) is 5.99. The lowest BCUT2D eigenvalue weighted by atomic mass is 10.0. The van der Waals surface area contributed by atoms with E-state index in [2.05, 4.69) is 10.6 Å². The predicted octanol–water partition coefficient (Wildman–Crippen LogP) is 1.51. The van der Waals surface area contributed by atoms with Gasteiger partial charge in [0.15, 0.2) is 0 Å². The molecule has 1 aromatic rings. The Morgan fingerprint density at radius 1 is 1.32 bits per heavy atom. The highest BCUT2D eigenvalue weighted by Gasteiger charge is 2.28. The summed E-state index contributed by atoms with van der Waals surface area (Å²) in [4.78, 5) is 24.5.